The van der Waals surface area contributed by atoms with E-state index in [1.165, 1.54) is 57.8 Å². The molecule has 0 aromatic carbocycles. The number of carbonyl (C=O) groups is 1. The molecule has 1 amide bonds. The topological polar surface area (TPSA) is 32.3 Å². The van der Waals surface area contributed by atoms with Gasteiger partial charge in [0.1, 0.15) is 0 Å². The minimum atomic E-state index is 0.131. The lowest BCUT2D eigenvalue weighted by Gasteiger charge is -2.36. The van der Waals surface area contributed by atoms with Gasteiger partial charge in [0.25, 0.3) is 0 Å². The van der Waals surface area contributed by atoms with Gasteiger partial charge in [-0.25, -0.2) is 0 Å². The lowest BCUT2D eigenvalue weighted by atomic mass is 10.1. The van der Waals surface area contributed by atoms with Crippen LogP contribution in [-0.4, -0.2) is 35.5 Å². The van der Waals surface area contributed by atoms with Gasteiger partial charge in [0.15, 0.2) is 0 Å². The molecule has 1 atom stereocenters. The molecule has 3 aliphatic rings. The molecule has 1 saturated heterocycles. The Morgan fingerprint density at radius 3 is 1.83 bits per heavy atom. The smallest absolute Gasteiger partial charge is 0.240 e. The highest BCUT2D eigenvalue weighted by atomic mass is 16.2. The normalized spacial score (nSPS) is 30.1. The minimum absolute atomic E-state index is 0.131. The summed E-state index contributed by atoms with van der Waals surface area (Å²) in [5.41, 5.74) is 0. The first-order valence-electron chi connectivity index (χ1n) is 7.92. The highest BCUT2D eigenvalue weighted by Crippen LogP contribution is 2.32. The van der Waals surface area contributed by atoms with Crippen LogP contribution in [0.25, 0.3) is 0 Å². The van der Waals surface area contributed by atoms with E-state index in [0.29, 0.717) is 18.0 Å². The lowest BCUT2D eigenvalue weighted by molar-refractivity contribution is -0.138. The SMILES string of the molecule is O=C(C1CCCN1)N(C1CCCC1)C1CCCC1. The first-order valence-corrected chi connectivity index (χ1v) is 7.92. The molecule has 0 aromatic heterocycles. The highest BCUT2D eigenvalue weighted by molar-refractivity contribution is 5.83. The fourth-order valence-electron chi connectivity index (χ4n) is 4.10. The Labute approximate surface area is 110 Å². The van der Waals surface area contributed by atoms with E-state index in [0.717, 1.165) is 13.0 Å². The van der Waals surface area contributed by atoms with Crippen LogP contribution in [-0.2, 0) is 4.79 Å². The molecule has 0 spiro atoms. The van der Waals surface area contributed by atoms with Gasteiger partial charge in [0.2, 0.25) is 5.91 Å². The van der Waals surface area contributed by atoms with E-state index in [1.54, 1.807) is 0 Å². The Hall–Kier alpha value is -0.570. The number of carbonyl (C=O) groups excluding carboxylic acids is 1. The van der Waals surface area contributed by atoms with E-state index in [2.05, 4.69) is 10.2 Å². The van der Waals surface area contributed by atoms with Gasteiger partial charge < -0.3 is 10.2 Å². The van der Waals surface area contributed by atoms with E-state index in [4.69, 9.17) is 0 Å². The van der Waals surface area contributed by atoms with Gasteiger partial charge in [-0.2, -0.15) is 0 Å². The van der Waals surface area contributed by atoms with Gasteiger partial charge >= 0.3 is 0 Å². The molecular weight excluding hydrogens is 224 g/mol. The Bertz CT molecular complexity index is 271. The van der Waals surface area contributed by atoms with Crippen LogP contribution in [0.3, 0.4) is 0 Å². The van der Waals surface area contributed by atoms with Gasteiger partial charge in [-0.05, 0) is 45.1 Å². The maximum Gasteiger partial charge on any atom is 0.240 e. The minimum Gasteiger partial charge on any atom is -0.335 e. The van der Waals surface area contributed by atoms with E-state index in [-0.39, 0.29) is 6.04 Å². The maximum absolute atomic E-state index is 12.8. The highest BCUT2D eigenvalue weighted by Gasteiger charge is 2.37. The summed E-state index contributed by atoms with van der Waals surface area (Å²) in [6.45, 7) is 1.03. The van der Waals surface area contributed by atoms with E-state index in [9.17, 15) is 4.79 Å². The van der Waals surface area contributed by atoms with Crippen LogP contribution in [0.5, 0.6) is 0 Å². The fraction of sp³-hybridized carbons (Fsp3) is 0.933. The number of amides is 1. The van der Waals surface area contributed by atoms with Crippen LogP contribution < -0.4 is 5.32 Å². The number of hydrogen-bond acceptors (Lipinski definition) is 2. The number of nitrogens with zero attached hydrogens (tertiary/aromatic N) is 1. The molecule has 1 N–H and O–H groups in total. The quantitative estimate of drug-likeness (QED) is 0.834. The molecule has 2 aliphatic carbocycles. The zero-order valence-electron chi connectivity index (χ0n) is 11.4. The zero-order valence-corrected chi connectivity index (χ0v) is 11.4. The molecule has 2 saturated carbocycles. The van der Waals surface area contributed by atoms with E-state index >= 15 is 0 Å². The molecule has 3 fully saturated rings. The molecule has 0 radical (unpaired) electrons. The molecule has 18 heavy (non-hydrogen) atoms. The molecule has 0 aromatic rings. The summed E-state index contributed by atoms with van der Waals surface area (Å²) in [6.07, 6.45) is 12.5. The van der Waals surface area contributed by atoms with Gasteiger partial charge in [-0.3, -0.25) is 4.79 Å². The van der Waals surface area contributed by atoms with Gasteiger partial charge in [0.05, 0.1) is 6.04 Å². The molecule has 102 valence electrons. The first kappa shape index (κ1) is 12.5. The molecule has 1 unspecified atom stereocenters. The summed E-state index contributed by atoms with van der Waals surface area (Å²) in [5, 5.41) is 3.39. The van der Waals surface area contributed by atoms with Crippen molar-refractivity contribution in [1.29, 1.82) is 0 Å². The summed E-state index contributed by atoms with van der Waals surface area (Å²) < 4.78 is 0. The molecule has 3 heteroatoms. The average Bonchev–Trinajstić information content (AvgIpc) is 3.14. The molecule has 3 rings (SSSR count). The molecule has 1 heterocycles. The van der Waals surface area contributed by atoms with Crippen molar-refractivity contribution in [1.82, 2.24) is 10.2 Å². The van der Waals surface area contributed by atoms with Crippen molar-refractivity contribution in [3.05, 3.63) is 0 Å². The Kier molecular flexibility index (Phi) is 3.88. The molecule has 0 bridgehead atoms. The second-order valence-corrected chi connectivity index (χ2v) is 6.27. The molecule has 1 aliphatic heterocycles. The zero-order chi connectivity index (χ0) is 12.4. The number of nitrogens with one attached hydrogen (secondary N) is 1. The van der Waals surface area contributed by atoms with Crippen molar-refractivity contribution in [2.75, 3.05) is 6.54 Å². The summed E-state index contributed by atoms with van der Waals surface area (Å²) in [7, 11) is 0. The molecular formula is C15H26N2O. The van der Waals surface area contributed by atoms with Crippen LogP contribution >= 0.6 is 0 Å². The van der Waals surface area contributed by atoms with Crippen molar-refractivity contribution in [2.24, 2.45) is 0 Å². The van der Waals surface area contributed by atoms with Crippen LogP contribution in [0.15, 0.2) is 0 Å². The standard InChI is InChI=1S/C15H26N2O/c18-15(14-10-5-11-16-14)17(12-6-1-2-7-12)13-8-3-4-9-13/h12-14,16H,1-11H2. The second kappa shape index (κ2) is 5.60. The predicted octanol–water partition coefficient (Wildman–Crippen LogP) is 2.45. The summed E-state index contributed by atoms with van der Waals surface area (Å²) in [5.74, 6) is 0.423. The van der Waals surface area contributed by atoms with Crippen molar-refractivity contribution in [3.63, 3.8) is 0 Å². The third kappa shape index (κ3) is 2.42. The van der Waals surface area contributed by atoms with Crippen LogP contribution in [0.2, 0.25) is 0 Å². The van der Waals surface area contributed by atoms with E-state index in [1.807, 2.05) is 0 Å². The van der Waals surface area contributed by atoms with Crippen LogP contribution in [0.1, 0.15) is 64.2 Å². The predicted molar refractivity (Wildman–Crippen MR) is 72.4 cm³/mol. The summed E-state index contributed by atoms with van der Waals surface area (Å²) >= 11 is 0. The van der Waals surface area contributed by atoms with Crippen molar-refractivity contribution < 1.29 is 4.79 Å². The Morgan fingerprint density at radius 1 is 0.833 bits per heavy atom. The Balaban J connectivity index is 1.72. The van der Waals surface area contributed by atoms with Crippen molar-refractivity contribution in [3.8, 4) is 0 Å². The fourth-order valence-corrected chi connectivity index (χ4v) is 4.10. The number of rotatable bonds is 3. The maximum atomic E-state index is 12.8. The summed E-state index contributed by atoms with van der Waals surface area (Å²) in [6, 6.07) is 1.25. The molecule has 3 nitrogen and oxygen atoms in total. The van der Waals surface area contributed by atoms with Gasteiger partial charge in [0, 0.05) is 12.1 Å². The van der Waals surface area contributed by atoms with Gasteiger partial charge in [-0.1, -0.05) is 25.7 Å². The average molecular weight is 250 g/mol. The van der Waals surface area contributed by atoms with Crippen LogP contribution in [0, 0.1) is 0 Å². The third-order valence-electron chi connectivity index (χ3n) is 5.05. The first-order chi connectivity index (χ1) is 8.86. The van der Waals surface area contributed by atoms with Crippen LogP contribution in [0.4, 0.5) is 0 Å². The largest absolute Gasteiger partial charge is 0.335 e. The third-order valence-corrected chi connectivity index (χ3v) is 5.05. The second-order valence-electron chi connectivity index (χ2n) is 6.27. The lowest BCUT2D eigenvalue weighted by Crippen LogP contribution is -2.51. The summed E-state index contributed by atoms with van der Waals surface area (Å²) in [4.78, 5) is 15.1. The number of hydrogen-bond donors (Lipinski definition) is 1. The Morgan fingerprint density at radius 2 is 1.39 bits per heavy atom. The van der Waals surface area contributed by atoms with Gasteiger partial charge in [-0.15, -0.1) is 0 Å². The van der Waals surface area contributed by atoms with E-state index < -0.39 is 0 Å². The van der Waals surface area contributed by atoms with Crippen molar-refractivity contribution >= 4 is 5.91 Å². The van der Waals surface area contributed by atoms with Crippen molar-refractivity contribution in [2.45, 2.75) is 82.3 Å². The monoisotopic (exact) mass is 250 g/mol.